The highest BCUT2D eigenvalue weighted by Gasteiger charge is 2.44. The van der Waals surface area contributed by atoms with E-state index in [-0.39, 0.29) is 5.92 Å². The number of ether oxygens (including phenoxy) is 1. The molecular formula is C25H42FN3O. The quantitative estimate of drug-likeness (QED) is 0.665. The van der Waals surface area contributed by atoms with Gasteiger partial charge in [0.15, 0.2) is 0 Å². The number of rotatable bonds is 4. The SMILES string of the molecule is CC.N#CC1CCC(C2CC(CC3CN4CCC4CO3)CCC2N2CCC2)CC1F. The highest BCUT2D eigenvalue weighted by molar-refractivity contribution is 4.99. The summed E-state index contributed by atoms with van der Waals surface area (Å²) in [5.41, 5.74) is 0. The number of nitrogens with zero attached hydrogens (tertiary/aromatic N) is 3. The molecule has 170 valence electrons. The first-order chi connectivity index (χ1) is 14.7. The zero-order valence-electron chi connectivity index (χ0n) is 19.1. The van der Waals surface area contributed by atoms with Crippen LogP contribution in [0.1, 0.15) is 71.6 Å². The van der Waals surface area contributed by atoms with E-state index in [0.29, 0.717) is 36.4 Å². The minimum atomic E-state index is -0.911. The van der Waals surface area contributed by atoms with E-state index in [4.69, 9.17) is 4.74 Å². The second-order valence-electron chi connectivity index (χ2n) is 10.3. The van der Waals surface area contributed by atoms with Gasteiger partial charge in [-0.2, -0.15) is 5.26 Å². The van der Waals surface area contributed by atoms with Crippen LogP contribution in [0.3, 0.4) is 0 Å². The fourth-order valence-electron chi connectivity index (χ4n) is 6.81. The molecule has 5 rings (SSSR count). The Morgan fingerprint density at radius 3 is 2.43 bits per heavy atom. The number of alkyl halides is 1. The zero-order chi connectivity index (χ0) is 21.1. The van der Waals surface area contributed by atoms with Gasteiger partial charge in [0.1, 0.15) is 6.17 Å². The Morgan fingerprint density at radius 2 is 1.83 bits per heavy atom. The molecule has 0 aromatic rings. The fraction of sp³-hybridized carbons (Fsp3) is 0.960. The van der Waals surface area contributed by atoms with E-state index in [2.05, 4.69) is 15.9 Å². The number of fused-ring (bicyclic) bond motifs is 1. The standard InChI is InChI=1S/C23H36FN3O.C2H6/c24-22-12-17(3-4-18(22)13-25)21-11-16(2-5-23(21)26-7-1-8-26)10-20-14-27-9-6-19(27)15-28-20;1-2/h16-23H,1-12,14-15H2;1-2H3. The van der Waals surface area contributed by atoms with Gasteiger partial charge < -0.3 is 9.64 Å². The lowest BCUT2D eigenvalue weighted by molar-refractivity contribution is -0.113. The number of halogens is 1. The van der Waals surface area contributed by atoms with Crippen molar-refractivity contribution in [3.8, 4) is 6.07 Å². The van der Waals surface area contributed by atoms with Gasteiger partial charge in [-0.15, -0.1) is 0 Å². The molecule has 0 aromatic carbocycles. The van der Waals surface area contributed by atoms with Gasteiger partial charge in [0, 0.05) is 25.2 Å². The highest BCUT2D eigenvalue weighted by Crippen LogP contribution is 2.46. The van der Waals surface area contributed by atoms with Crippen molar-refractivity contribution in [2.45, 2.75) is 96.0 Å². The third-order valence-corrected chi connectivity index (χ3v) is 8.74. The third kappa shape index (κ3) is 4.71. The van der Waals surface area contributed by atoms with Gasteiger partial charge in [-0.3, -0.25) is 4.90 Å². The summed E-state index contributed by atoms with van der Waals surface area (Å²) < 4.78 is 20.8. The Labute approximate surface area is 183 Å². The molecule has 3 aliphatic heterocycles. The van der Waals surface area contributed by atoms with Crippen LogP contribution >= 0.6 is 0 Å². The van der Waals surface area contributed by atoms with Crippen LogP contribution in [0.25, 0.3) is 0 Å². The van der Waals surface area contributed by atoms with Crippen LogP contribution in [0, 0.1) is 35.0 Å². The molecule has 0 spiro atoms. The number of hydrogen-bond donors (Lipinski definition) is 0. The van der Waals surface area contributed by atoms with E-state index in [0.717, 1.165) is 31.9 Å². The van der Waals surface area contributed by atoms with Gasteiger partial charge in [0.05, 0.1) is 24.7 Å². The Morgan fingerprint density at radius 1 is 1.00 bits per heavy atom. The number of hydrogen-bond acceptors (Lipinski definition) is 4. The van der Waals surface area contributed by atoms with Crippen molar-refractivity contribution in [3.05, 3.63) is 0 Å². The van der Waals surface area contributed by atoms with Gasteiger partial charge in [0.25, 0.3) is 0 Å². The van der Waals surface area contributed by atoms with Crippen LogP contribution in [0.4, 0.5) is 4.39 Å². The van der Waals surface area contributed by atoms with E-state index < -0.39 is 6.17 Å². The molecule has 0 amide bonds. The zero-order valence-corrected chi connectivity index (χ0v) is 19.1. The largest absolute Gasteiger partial charge is 0.375 e. The van der Waals surface area contributed by atoms with Gasteiger partial charge in [0.2, 0.25) is 0 Å². The summed E-state index contributed by atoms with van der Waals surface area (Å²) in [7, 11) is 0. The molecule has 3 saturated heterocycles. The van der Waals surface area contributed by atoms with Crippen molar-refractivity contribution in [1.82, 2.24) is 9.80 Å². The van der Waals surface area contributed by atoms with Crippen molar-refractivity contribution in [2.75, 3.05) is 32.8 Å². The van der Waals surface area contributed by atoms with Gasteiger partial charge in [-0.1, -0.05) is 13.8 Å². The van der Waals surface area contributed by atoms with E-state index in [1.165, 1.54) is 58.2 Å². The predicted octanol–water partition coefficient (Wildman–Crippen LogP) is 4.64. The van der Waals surface area contributed by atoms with Crippen LogP contribution < -0.4 is 0 Å². The van der Waals surface area contributed by atoms with Crippen LogP contribution in [0.2, 0.25) is 0 Å². The molecule has 0 radical (unpaired) electrons. The molecule has 2 saturated carbocycles. The van der Waals surface area contributed by atoms with Crippen molar-refractivity contribution in [1.29, 1.82) is 5.26 Å². The molecule has 5 fully saturated rings. The van der Waals surface area contributed by atoms with Gasteiger partial charge in [-0.25, -0.2) is 4.39 Å². The maximum Gasteiger partial charge on any atom is 0.116 e. The van der Waals surface area contributed by atoms with Crippen molar-refractivity contribution in [3.63, 3.8) is 0 Å². The third-order valence-electron chi connectivity index (χ3n) is 8.74. The molecular weight excluding hydrogens is 377 g/mol. The van der Waals surface area contributed by atoms with Crippen molar-refractivity contribution in [2.24, 2.45) is 23.7 Å². The summed E-state index contributed by atoms with van der Waals surface area (Å²) >= 11 is 0. The van der Waals surface area contributed by atoms with Crippen LogP contribution in [-0.4, -0.2) is 66.9 Å². The molecule has 0 aromatic heterocycles. The van der Waals surface area contributed by atoms with E-state index >= 15 is 0 Å². The summed E-state index contributed by atoms with van der Waals surface area (Å²) in [5.74, 6) is 1.47. The summed E-state index contributed by atoms with van der Waals surface area (Å²) in [6, 6.07) is 3.56. The summed E-state index contributed by atoms with van der Waals surface area (Å²) in [6.07, 6.45) is 9.61. The molecule has 5 heteroatoms. The number of likely N-dealkylation sites (tertiary alicyclic amines) is 1. The van der Waals surface area contributed by atoms with Crippen molar-refractivity contribution < 1.29 is 9.13 Å². The molecule has 2 aliphatic carbocycles. The first kappa shape index (κ1) is 22.5. The average Bonchev–Trinajstić information content (AvgIpc) is 2.71. The molecule has 4 nitrogen and oxygen atoms in total. The first-order valence-corrected chi connectivity index (χ1v) is 12.8. The summed E-state index contributed by atoms with van der Waals surface area (Å²) in [6.45, 7) is 9.79. The highest BCUT2D eigenvalue weighted by atomic mass is 19.1. The smallest absolute Gasteiger partial charge is 0.116 e. The first-order valence-electron chi connectivity index (χ1n) is 12.8. The predicted molar refractivity (Wildman–Crippen MR) is 118 cm³/mol. The summed E-state index contributed by atoms with van der Waals surface area (Å²) in [4.78, 5) is 5.28. The lowest BCUT2D eigenvalue weighted by Crippen LogP contribution is -2.58. The van der Waals surface area contributed by atoms with Crippen LogP contribution in [-0.2, 0) is 4.74 Å². The lowest BCUT2D eigenvalue weighted by Gasteiger charge is -2.51. The monoisotopic (exact) mass is 419 g/mol. The maximum absolute atomic E-state index is 14.6. The lowest BCUT2D eigenvalue weighted by atomic mass is 9.65. The maximum atomic E-state index is 14.6. The number of nitriles is 1. The molecule has 0 N–H and O–H groups in total. The summed E-state index contributed by atoms with van der Waals surface area (Å²) in [5, 5.41) is 9.20. The Bertz CT molecular complexity index is 591. The molecule has 5 aliphatic rings. The second-order valence-corrected chi connectivity index (χ2v) is 10.3. The minimum absolute atomic E-state index is 0.363. The molecule has 8 unspecified atom stereocenters. The van der Waals surface area contributed by atoms with E-state index in [9.17, 15) is 9.65 Å². The second kappa shape index (κ2) is 10.3. The normalized spacial score (nSPS) is 44.5. The van der Waals surface area contributed by atoms with Gasteiger partial charge >= 0.3 is 0 Å². The molecule has 8 atom stereocenters. The molecule has 3 heterocycles. The minimum Gasteiger partial charge on any atom is -0.375 e. The van der Waals surface area contributed by atoms with Crippen LogP contribution in [0.5, 0.6) is 0 Å². The van der Waals surface area contributed by atoms with Crippen LogP contribution in [0.15, 0.2) is 0 Å². The van der Waals surface area contributed by atoms with E-state index in [1.54, 1.807) is 0 Å². The van der Waals surface area contributed by atoms with Crippen molar-refractivity contribution >= 4 is 0 Å². The number of morpholine rings is 1. The fourth-order valence-corrected chi connectivity index (χ4v) is 6.81. The van der Waals surface area contributed by atoms with Gasteiger partial charge in [-0.05, 0) is 88.6 Å². The van der Waals surface area contributed by atoms with E-state index in [1.807, 2.05) is 13.8 Å². The molecule has 30 heavy (non-hydrogen) atoms. The Balaban J connectivity index is 0.00000106. The molecule has 0 bridgehead atoms. The Hall–Kier alpha value is -0.700. The topological polar surface area (TPSA) is 39.5 Å². The average molecular weight is 420 g/mol. The Kier molecular flexibility index (Phi) is 7.71.